The van der Waals surface area contributed by atoms with Crippen LogP contribution in [0.5, 0.6) is 17.2 Å². The van der Waals surface area contributed by atoms with Crippen molar-refractivity contribution >= 4 is 122 Å². The van der Waals surface area contributed by atoms with Crippen LogP contribution >= 0.6 is 11.6 Å². The van der Waals surface area contributed by atoms with Crippen LogP contribution in [0, 0.1) is 0 Å². The maximum absolute atomic E-state index is 9.73. The summed E-state index contributed by atoms with van der Waals surface area (Å²) in [5.74, 6) is 4.03. The number of para-hydroxylation sites is 6. The minimum atomic E-state index is -1.43. The van der Waals surface area contributed by atoms with Gasteiger partial charge in [-0.05, 0) is 167 Å². The maximum Gasteiger partial charge on any atom is 0.488 e. The van der Waals surface area contributed by atoms with E-state index in [0.29, 0.717) is 43.2 Å². The summed E-state index contributed by atoms with van der Waals surface area (Å²) in [6.07, 6.45) is 0. The molecular formula is C86H104BClN12O9Si4. The summed E-state index contributed by atoms with van der Waals surface area (Å²) >= 11 is 6.42. The zero-order valence-electron chi connectivity index (χ0n) is 67.3. The van der Waals surface area contributed by atoms with E-state index in [2.05, 4.69) is 169 Å². The van der Waals surface area contributed by atoms with Gasteiger partial charge in [0, 0.05) is 79.9 Å². The average molecular weight is 1610 g/mol. The van der Waals surface area contributed by atoms with Gasteiger partial charge in [-0.15, -0.1) is 0 Å². The Morgan fingerprint density at radius 1 is 0.407 bits per heavy atom. The second-order valence-electron chi connectivity index (χ2n) is 33.1. The number of H-pyrrole nitrogens is 2. The van der Waals surface area contributed by atoms with Crippen LogP contribution in [0.2, 0.25) is 108 Å². The van der Waals surface area contributed by atoms with Crippen LogP contribution in [0.3, 0.4) is 0 Å². The van der Waals surface area contributed by atoms with Crippen LogP contribution < -0.4 is 14.9 Å². The third kappa shape index (κ3) is 21.7. The lowest BCUT2D eigenvalue weighted by molar-refractivity contribution is 0.0815. The first-order chi connectivity index (χ1) is 54.1. The average Bonchev–Trinajstić information content (AvgIpc) is 1.60. The van der Waals surface area contributed by atoms with E-state index < -0.39 is 39.4 Å². The molecule has 27 heteroatoms. The highest BCUT2D eigenvalue weighted by atomic mass is 35.5. The highest BCUT2D eigenvalue weighted by Crippen LogP contribution is 2.38. The molecule has 15 rings (SSSR count). The van der Waals surface area contributed by atoms with E-state index in [1.54, 1.807) is 43.5 Å². The number of fused-ring (bicyclic) bond motifs is 6. The van der Waals surface area contributed by atoms with Crippen molar-refractivity contribution < 1.29 is 43.6 Å². The normalized spacial score (nSPS) is 12.0. The maximum atomic E-state index is 9.73. The number of nitrogens with one attached hydrogen (secondary N) is 2. The molecule has 0 aliphatic rings. The number of imidazole rings is 3. The number of aromatic hydroxyl groups is 1. The Labute approximate surface area is 670 Å². The second kappa shape index (κ2) is 36.5. The van der Waals surface area contributed by atoms with Gasteiger partial charge in [0.25, 0.3) is 0 Å². The fraction of sp³-hybridized carbons (Fsp3) is 0.302. The third-order valence-electron chi connectivity index (χ3n) is 19.2. The van der Waals surface area contributed by atoms with Gasteiger partial charge < -0.3 is 48.6 Å². The quantitative estimate of drug-likeness (QED) is 0.0226. The van der Waals surface area contributed by atoms with Gasteiger partial charge in [-0.1, -0.05) is 175 Å². The van der Waals surface area contributed by atoms with Crippen molar-refractivity contribution in [3.05, 3.63) is 205 Å². The Balaban J connectivity index is 0.000000150. The molecule has 6 aromatic heterocycles. The van der Waals surface area contributed by atoms with Crippen LogP contribution in [0.15, 0.2) is 200 Å². The molecule has 0 unspecified atom stereocenters. The molecule has 0 amide bonds. The second-order valence-corrected chi connectivity index (χ2v) is 56.0. The van der Waals surface area contributed by atoms with Gasteiger partial charge in [0.1, 0.15) is 61.3 Å². The van der Waals surface area contributed by atoms with Crippen LogP contribution in [-0.4, -0.2) is 154 Å². The molecule has 0 spiro atoms. The van der Waals surface area contributed by atoms with E-state index in [9.17, 15) is 5.11 Å². The van der Waals surface area contributed by atoms with Gasteiger partial charge in [0.2, 0.25) is 0 Å². The molecule has 6 heterocycles. The number of rotatable bonds is 28. The summed E-state index contributed by atoms with van der Waals surface area (Å²) in [6.45, 7) is 33.0. The SMILES string of the molecule is COc1cccc(-c2ccc3c(c2)c(-c2nc4ccccc4n2COCC[Si](C)(C)C)nn3COCC[Si](C)(C)C)c1.COc1cccc(B(O)O)c1.C[Si](C)(C)CCOCn1nc(-c2nc3ccccc3n2COCC[Si](C)(C)C)c2cc(Cl)ccc21.Oc1cccc(-c2ccc3[nH]nc(-c4nc5ccccc5[nH]4)c3c2)c1. The fourth-order valence-electron chi connectivity index (χ4n) is 12.7. The van der Waals surface area contributed by atoms with Gasteiger partial charge >= 0.3 is 7.12 Å². The van der Waals surface area contributed by atoms with E-state index >= 15 is 0 Å². The molecule has 0 bridgehead atoms. The number of halogens is 1. The number of ether oxygens (including phenoxy) is 6. The minimum Gasteiger partial charge on any atom is -0.508 e. The van der Waals surface area contributed by atoms with Gasteiger partial charge in [-0.25, -0.2) is 24.3 Å². The molecule has 0 saturated heterocycles. The van der Waals surface area contributed by atoms with Crippen molar-refractivity contribution in [2.75, 3.05) is 40.6 Å². The van der Waals surface area contributed by atoms with E-state index in [4.69, 9.17) is 70.2 Å². The number of methoxy groups -OCH3 is 2. The lowest BCUT2D eigenvalue weighted by Gasteiger charge is -2.16. The number of nitrogens with zero attached hydrogens (tertiary/aromatic N) is 10. The third-order valence-corrected chi connectivity index (χ3v) is 26.3. The predicted octanol–water partition coefficient (Wildman–Crippen LogP) is 19.5. The lowest BCUT2D eigenvalue weighted by atomic mass is 9.80. The Morgan fingerprint density at radius 2 is 0.858 bits per heavy atom. The highest BCUT2D eigenvalue weighted by molar-refractivity contribution is 6.77. The summed E-state index contributed by atoms with van der Waals surface area (Å²) in [6, 6.07) is 69.2. The molecule has 0 aliphatic carbocycles. The predicted molar refractivity (Wildman–Crippen MR) is 471 cm³/mol. The topological polar surface area (TPSA) is 245 Å². The first-order valence-electron chi connectivity index (χ1n) is 38.3. The van der Waals surface area contributed by atoms with Crippen LogP contribution in [0.4, 0.5) is 0 Å². The first-order valence-corrected chi connectivity index (χ1v) is 53.5. The molecule has 588 valence electrons. The molecule has 15 aromatic rings. The van der Waals surface area contributed by atoms with E-state index in [1.807, 2.05) is 112 Å². The summed E-state index contributed by atoms with van der Waals surface area (Å²) < 4.78 is 43.2. The molecular weight excluding hydrogens is 1500 g/mol. The summed E-state index contributed by atoms with van der Waals surface area (Å²) in [7, 11) is -2.92. The summed E-state index contributed by atoms with van der Waals surface area (Å²) in [4.78, 5) is 18.0. The molecule has 0 saturated carbocycles. The molecule has 0 aliphatic heterocycles. The van der Waals surface area contributed by atoms with Gasteiger partial charge in [-0.3, -0.25) is 14.2 Å². The van der Waals surface area contributed by atoms with Gasteiger partial charge in [0.05, 0.1) is 63.9 Å². The van der Waals surface area contributed by atoms with Gasteiger partial charge in [-0.2, -0.15) is 15.3 Å². The number of hydrogen-bond donors (Lipinski definition) is 5. The number of benzene rings is 9. The Bertz CT molecular complexity index is 5680. The summed E-state index contributed by atoms with van der Waals surface area (Å²) in [5, 5.41) is 48.5. The summed E-state index contributed by atoms with van der Waals surface area (Å²) in [5.41, 5.74) is 15.8. The van der Waals surface area contributed by atoms with Crippen molar-refractivity contribution in [1.82, 2.24) is 58.8 Å². The molecule has 21 nitrogen and oxygen atoms in total. The number of phenols is 1. The molecule has 5 N–H and O–H groups in total. The van der Waals surface area contributed by atoms with E-state index in [1.165, 1.54) is 7.11 Å². The van der Waals surface area contributed by atoms with E-state index in [0.717, 1.165) is 179 Å². The van der Waals surface area contributed by atoms with E-state index in [-0.39, 0.29) is 5.75 Å². The number of aromatic amines is 2. The monoisotopic (exact) mass is 1610 g/mol. The first kappa shape index (κ1) is 82.6. The lowest BCUT2D eigenvalue weighted by Crippen LogP contribution is -2.29. The minimum absolute atomic E-state index is 0.252. The largest absolute Gasteiger partial charge is 0.508 e. The fourth-order valence-corrected chi connectivity index (χ4v) is 15.9. The van der Waals surface area contributed by atoms with Crippen molar-refractivity contribution in [3.63, 3.8) is 0 Å². The highest BCUT2D eigenvalue weighted by Gasteiger charge is 2.25. The number of aromatic nitrogens is 12. The Kier molecular flexibility index (Phi) is 26.7. The van der Waals surface area contributed by atoms with Crippen molar-refractivity contribution in [2.45, 2.75) is 130 Å². The zero-order chi connectivity index (χ0) is 80.2. The van der Waals surface area contributed by atoms with Gasteiger partial charge in [0.15, 0.2) is 17.5 Å². The van der Waals surface area contributed by atoms with Crippen molar-refractivity contribution in [2.24, 2.45) is 0 Å². The van der Waals surface area contributed by atoms with Crippen molar-refractivity contribution in [3.8, 4) is 74.1 Å². The van der Waals surface area contributed by atoms with Crippen LogP contribution in [0.25, 0.3) is 123 Å². The number of hydrogen-bond acceptors (Lipinski definition) is 15. The Hall–Kier alpha value is -9.82. The molecule has 9 aromatic carbocycles. The molecule has 0 fully saturated rings. The molecule has 113 heavy (non-hydrogen) atoms. The van der Waals surface area contributed by atoms with Crippen molar-refractivity contribution in [1.29, 1.82) is 0 Å². The molecule has 0 radical (unpaired) electrons. The number of phenolic OH excluding ortho intramolecular Hbond substituents is 1. The smallest absolute Gasteiger partial charge is 0.488 e. The van der Waals surface area contributed by atoms with Crippen LogP contribution in [-0.2, 0) is 45.9 Å². The molecule has 0 atom stereocenters. The zero-order valence-corrected chi connectivity index (χ0v) is 72.0. The Morgan fingerprint density at radius 3 is 1.38 bits per heavy atom. The van der Waals surface area contributed by atoms with Crippen LogP contribution in [0.1, 0.15) is 0 Å². The standard InChI is InChI=1S/C33H44N4O3Si2.C26H37ClN4O2Si2.C20H14N4O.C7H9BO3/c1-38-27-12-10-11-25(21-27)26-15-16-30-28(22-26)32(35-37(30)24-40-18-20-42(5,6)7)33-34-29-13-8-9-14-31(29)36(33)23-39-17-19-41(2,3)4;1-34(2,3)15-13-32-18-30-24-10-8-7-9-22(24)28-26(30)25-21-17-20(27)11-12-23(21)31(29-25)19-33-14-16-35(4,5)6;25-14-5-3-4-12(10-14)13-8-9-16-15(11-13)19(24-23-16)20-21-17-6-1-2-7-18(17)22-20;1-11-7-4-2-3-6(5-7)8(9)10/h8-16,21-22H,17-20,23-24H2,1-7H3;7-12,17H,13-16,18-19H2,1-6H3;1-11,25H,(H,21,22)(H,23,24);2-5,9-10H,1H3.